The molecule has 1 fully saturated rings. The minimum Gasteiger partial charge on any atom is -0.459 e. The third-order valence-corrected chi connectivity index (χ3v) is 7.19. The van der Waals surface area contributed by atoms with Crippen LogP contribution in [0.25, 0.3) is 11.0 Å². The molecule has 3 heterocycles. The Labute approximate surface area is 229 Å². The second-order valence-corrected chi connectivity index (χ2v) is 10.1. The molecule has 0 amide bonds. The monoisotopic (exact) mass is 635 g/mol. The number of esters is 2. The van der Waals surface area contributed by atoms with Crippen LogP contribution in [0.3, 0.4) is 0 Å². The van der Waals surface area contributed by atoms with Gasteiger partial charge in [0.2, 0.25) is 0 Å². The highest BCUT2D eigenvalue weighted by molar-refractivity contribution is 14.1. The first-order valence-electron chi connectivity index (χ1n) is 11.3. The predicted molar refractivity (Wildman–Crippen MR) is 141 cm³/mol. The number of alkyl halides is 1. The van der Waals surface area contributed by atoms with Gasteiger partial charge in [-0.15, -0.1) is 0 Å². The lowest BCUT2D eigenvalue weighted by atomic mass is 9.98. The summed E-state index contributed by atoms with van der Waals surface area (Å²) in [7, 11) is 0. The molecule has 0 N–H and O–H groups in total. The number of aromatic nitrogens is 3. The van der Waals surface area contributed by atoms with Crippen LogP contribution in [0.15, 0.2) is 73.2 Å². The van der Waals surface area contributed by atoms with E-state index in [0.717, 1.165) is 0 Å². The maximum Gasteiger partial charge on any atom is 0.338 e. The third kappa shape index (κ3) is 4.92. The van der Waals surface area contributed by atoms with Gasteiger partial charge in [-0.2, -0.15) is 0 Å². The van der Waals surface area contributed by atoms with E-state index in [0.29, 0.717) is 20.2 Å². The smallest absolute Gasteiger partial charge is 0.338 e. The van der Waals surface area contributed by atoms with Gasteiger partial charge in [0, 0.05) is 9.77 Å². The van der Waals surface area contributed by atoms with Crippen LogP contribution in [0.5, 0.6) is 0 Å². The fraction of sp³-hybridized carbons (Fsp3) is 0.231. The Morgan fingerprint density at radius 3 is 2.35 bits per heavy atom. The normalized spacial score (nSPS) is 23.2. The zero-order chi connectivity index (χ0) is 26.2. The first kappa shape index (κ1) is 25.6. The predicted octanol–water partition coefficient (Wildman–Crippen LogP) is 5.40. The summed E-state index contributed by atoms with van der Waals surface area (Å²) >= 11 is 8.31. The van der Waals surface area contributed by atoms with Crippen LogP contribution >= 0.6 is 34.2 Å². The number of fused-ring (bicyclic) bond motifs is 1. The number of carbonyl (C=O) groups is 2. The third-order valence-electron chi connectivity index (χ3n) is 6.08. The van der Waals surface area contributed by atoms with Crippen molar-refractivity contribution >= 4 is 57.2 Å². The number of benzene rings is 2. The number of nitrogens with zero attached hydrogens (tertiary/aromatic N) is 3. The lowest BCUT2D eigenvalue weighted by Gasteiger charge is -2.28. The van der Waals surface area contributed by atoms with E-state index in [1.54, 1.807) is 66.9 Å². The van der Waals surface area contributed by atoms with Gasteiger partial charge in [-0.3, -0.25) is 0 Å². The molecule has 5 rings (SSSR count). The zero-order valence-corrected chi connectivity index (χ0v) is 22.3. The Hall–Kier alpha value is -3.09. The number of halogens is 3. The topological polar surface area (TPSA) is 92.5 Å². The van der Waals surface area contributed by atoms with Gasteiger partial charge >= 0.3 is 11.9 Å². The maximum atomic E-state index is 16.6. The number of hydrogen-bond acceptors (Lipinski definition) is 7. The highest BCUT2D eigenvalue weighted by Gasteiger charge is 2.58. The molecule has 0 spiro atoms. The van der Waals surface area contributed by atoms with Crippen LogP contribution in [-0.4, -0.2) is 51.0 Å². The molecule has 2 aromatic carbocycles. The minimum atomic E-state index is -2.24. The van der Waals surface area contributed by atoms with E-state index < -0.39 is 36.0 Å². The molecule has 11 heteroatoms. The van der Waals surface area contributed by atoms with Crippen molar-refractivity contribution in [3.05, 3.63) is 93.0 Å². The van der Waals surface area contributed by atoms with Gasteiger partial charge in [0.05, 0.1) is 16.5 Å². The quantitative estimate of drug-likeness (QED) is 0.159. The van der Waals surface area contributed by atoms with Crippen LogP contribution in [0.2, 0.25) is 5.15 Å². The van der Waals surface area contributed by atoms with E-state index in [1.165, 1.54) is 17.8 Å². The highest BCUT2D eigenvalue weighted by Crippen LogP contribution is 2.45. The van der Waals surface area contributed by atoms with Crippen molar-refractivity contribution in [2.45, 2.75) is 31.0 Å². The molecule has 0 bridgehead atoms. The van der Waals surface area contributed by atoms with Gasteiger partial charge in [-0.25, -0.2) is 23.9 Å². The SMILES string of the molecule is C[C@@]1(F)[C@H](OC(=O)c2ccccc2)C(COC(=O)c2ccccc2)O[C@H]1n1cc(I)c2c(Cl)ncnc21. The molecule has 2 aromatic heterocycles. The van der Waals surface area contributed by atoms with E-state index in [2.05, 4.69) is 32.6 Å². The van der Waals surface area contributed by atoms with E-state index in [4.69, 9.17) is 25.8 Å². The van der Waals surface area contributed by atoms with Crippen LogP contribution in [0, 0.1) is 3.57 Å². The van der Waals surface area contributed by atoms with Gasteiger partial charge in [0.25, 0.3) is 0 Å². The molecule has 0 radical (unpaired) electrons. The molecule has 1 saturated heterocycles. The molecule has 4 atom stereocenters. The largest absolute Gasteiger partial charge is 0.459 e. The molecule has 1 aliphatic rings. The Kier molecular flexibility index (Phi) is 7.15. The molecule has 4 aromatic rings. The van der Waals surface area contributed by atoms with Crippen molar-refractivity contribution < 1.29 is 28.2 Å². The molecule has 0 aliphatic carbocycles. The van der Waals surface area contributed by atoms with Crippen molar-refractivity contribution in [3.8, 4) is 0 Å². The second-order valence-electron chi connectivity index (χ2n) is 8.58. The summed E-state index contributed by atoms with van der Waals surface area (Å²) in [5.41, 5.74) is -1.30. The number of rotatable bonds is 6. The molecule has 0 saturated carbocycles. The number of hydrogen-bond donors (Lipinski definition) is 0. The van der Waals surface area contributed by atoms with Crippen LogP contribution in [-0.2, 0) is 14.2 Å². The second kappa shape index (κ2) is 10.3. The summed E-state index contributed by atoms with van der Waals surface area (Å²) in [5.74, 6) is -1.34. The Balaban J connectivity index is 1.47. The molecular weight excluding hydrogens is 616 g/mol. The number of carbonyl (C=O) groups excluding carboxylic acids is 2. The Morgan fingerprint density at radius 1 is 1.08 bits per heavy atom. The summed E-state index contributed by atoms with van der Waals surface area (Å²) in [6.07, 6.45) is -0.858. The molecular formula is C26H20ClFIN3O5. The maximum absolute atomic E-state index is 16.6. The zero-order valence-electron chi connectivity index (χ0n) is 19.4. The summed E-state index contributed by atoms with van der Waals surface area (Å²) in [5, 5.41) is 0.757. The van der Waals surface area contributed by atoms with Crippen molar-refractivity contribution in [1.82, 2.24) is 14.5 Å². The fourth-order valence-electron chi connectivity index (χ4n) is 4.29. The Bertz CT molecular complexity index is 1450. The standard InChI is InChI=1S/C26H20ClFIN3O5/c1-26(28)20(37-24(34)16-10-6-3-7-11-16)18(13-35-23(33)15-8-4-2-5-9-15)36-25(26)32-12-17(29)19-21(27)30-14-31-22(19)32/h2-12,14,18,20,25H,13H2,1H3/t18?,20-,25-,26-/m1/s1. The lowest BCUT2D eigenvalue weighted by Crippen LogP contribution is -2.44. The molecule has 190 valence electrons. The van der Waals surface area contributed by atoms with Crippen molar-refractivity contribution in [1.29, 1.82) is 0 Å². The van der Waals surface area contributed by atoms with Gasteiger partial charge in [-0.05, 0) is 53.8 Å². The average Bonchev–Trinajstić information content (AvgIpc) is 3.37. The average molecular weight is 636 g/mol. The fourth-order valence-corrected chi connectivity index (χ4v) is 5.47. The summed E-state index contributed by atoms with van der Waals surface area (Å²) in [6.45, 7) is 0.934. The highest BCUT2D eigenvalue weighted by atomic mass is 127. The summed E-state index contributed by atoms with van der Waals surface area (Å²) in [6, 6.07) is 16.6. The van der Waals surface area contributed by atoms with Gasteiger partial charge in [-0.1, -0.05) is 48.0 Å². The molecule has 1 aliphatic heterocycles. The van der Waals surface area contributed by atoms with Crippen LogP contribution < -0.4 is 0 Å². The van der Waals surface area contributed by atoms with Gasteiger partial charge in [0.1, 0.15) is 29.8 Å². The van der Waals surface area contributed by atoms with Crippen LogP contribution in [0.4, 0.5) is 4.39 Å². The first-order valence-corrected chi connectivity index (χ1v) is 12.7. The van der Waals surface area contributed by atoms with Gasteiger partial charge < -0.3 is 18.8 Å². The van der Waals surface area contributed by atoms with Crippen molar-refractivity contribution in [3.63, 3.8) is 0 Å². The molecule has 37 heavy (non-hydrogen) atoms. The van der Waals surface area contributed by atoms with E-state index in [9.17, 15) is 9.59 Å². The summed E-state index contributed by atoms with van der Waals surface area (Å²) < 4.78 is 36.0. The molecule has 8 nitrogen and oxygen atoms in total. The van der Waals surface area contributed by atoms with E-state index in [1.807, 2.05) is 0 Å². The van der Waals surface area contributed by atoms with E-state index in [-0.39, 0.29) is 17.3 Å². The first-order chi connectivity index (χ1) is 17.8. The van der Waals surface area contributed by atoms with Crippen LogP contribution in [0.1, 0.15) is 33.9 Å². The minimum absolute atomic E-state index is 0.215. The van der Waals surface area contributed by atoms with E-state index >= 15 is 4.39 Å². The molecule has 1 unspecified atom stereocenters. The summed E-state index contributed by atoms with van der Waals surface area (Å²) in [4.78, 5) is 33.7. The van der Waals surface area contributed by atoms with Crippen molar-refractivity contribution in [2.24, 2.45) is 0 Å². The van der Waals surface area contributed by atoms with Gasteiger partial charge in [0.15, 0.2) is 18.0 Å². The Morgan fingerprint density at radius 2 is 1.70 bits per heavy atom. The van der Waals surface area contributed by atoms with Crippen molar-refractivity contribution in [2.75, 3.05) is 6.61 Å². The number of ether oxygens (including phenoxy) is 3. The lowest BCUT2D eigenvalue weighted by molar-refractivity contribution is -0.0609.